The number of allylic oxidation sites excluding steroid dienone is 2. The van der Waals surface area contributed by atoms with Gasteiger partial charge in [-0.25, -0.2) is 0 Å². The molecule has 0 aliphatic heterocycles. The third kappa shape index (κ3) is 2.86. The fourth-order valence-electron chi connectivity index (χ4n) is 1.90. The van der Waals surface area contributed by atoms with Gasteiger partial charge in [0.05, 0.1) is 0 Å². The van der Waals surface area contributed by atoms with E-state index in [1.807, 2.05) is 78.9 Å². The molecule has 0 amide bonds. The zero-order valence-electron chi connectivity index (χ0n) is 10.4. The molecule has 0 spiro atoms. The molecule has 0 heterocycles. The summed E-state index contributed by atoms with van der Waals surface area (Å²) in [7, 11) is 0. The summed E-state index contributed by atoms with van der Waals surface area (Å²) in [5.74, 6) is 2.45. The molecule has 2 aromatic rings. The van der Waals surface area contributed by atoms with E-state index in [2.05, 4.69) is 0 Å². The first-order valence-corrected chi connectivity index (χ1v) is 6.25. The zero-order valence-corrected chi connectivity index (χ0v) is 10.4. The maximum atomic E-state index is 5.88. The summed E-state index contributed by atoms with van der Waals surface area (Å²) in [6, 6.07) is 19.5. The highest BCUT2D eigenvalue weighted by molar-refractivity contribution is 5.33. The lowest BCUT2D eigenvalue weighted by atomic mass is 10.3. The lowest BCUT2D eigenvalue weighted by Gasteiger charge is -2.16. The standard InChI is InChI=1S/C17H14O2/c1-3-8-14(9-4-1)18-16-12-7-13-17(16)19-15-10-5-2-6-11-15/h1-13,16H. The second kappa shape index (κ2) is 5.44. The normalized spacial score (nSPS) is 17.1. The van der Waals surface area contributed by atoms with Crippen LogP contribution < -0.4 is 9.47 Å². The molecular formula is C17H14O2. The highest BCUT2D eigenvalue weighted by atomic mass is 16.5. The van der Waals surface area contributed by atoms with Crippen molar-refractivity contribution in [3.05, 3.63) is 84.7 Å². The second-order valence-corrected chi connectivity index (χ2v) is 4.22. The SMILES string of the molecule is C1=CC(Oc2ccccc2)C(Oc2ccccc2)=C1. The van der Waals surface area contributed by atoms with Crippen molar-refractivity contribution in [1.29, 1.82) is 0 Å². The Hall–Kier alpha value is -2.48. The van der Waals surface area contributed by atoms with E-state index in [9.17, 15) is 0 Å². The first kappa shape index (κ1) is 11.6. The number of para-hydroxylation sites is 2. The van der Waals surface area contributed by atoms with E-state index in [0.717, 1.165) is 17.3 Å². The van der Waals surface area contributed by atoms with Crippen LogP contribution in [-0.4, -0.2) is 6.10 Å². The molecule has 0 bridgehead atoms. The van der Waals surface area contributed by atoms with Crippen LogP contribution in [0, 0.1) is 0 Å². The Balaban J connectivity index is 1.70. The molecule has 19 heavy (non-hydrogen) atoms. The van der Waals surface area contributed by atoms with E-state index < -0.39 is 0 Å². The van der Waals surface area contributed by atoms with Gasteiger partial charge in [-0.3, -0.25) is 0 Å². The van der Waals surface area contributed by atoms with E-state index in [1.165, 1.54) is 0 Å². The van der Waals surface area contributed by atoms with Crippen LogP contribution >= 0.6 is 0 Å². The van der Waals surface area contributed by atoms with Crippen LogP contribution in [0.15, 0.2) is 84.7 Å². The number of benzene rings is 2. The van der Waals surface area contributed by atoms with Gasteiger partial charge in [0.2, 0.25) is 0 Å². The van der Waals surface area contributed by atoms with Crippen LogP contribution in [0.3, 0.4) is 0 Å². The molecular weight excluding hydrogens is 236 g/mol. The van der Waals surface area contributed by atoms with Crippen molar-refractivity contribution >= 4 is 0 Å². The minimum atomic E-state index is -0.164. The van der Waals surface area contributed by atoms with E-state index in [1.54, 1.807) is 0 Å². The lowest BCUT2D eigenvalue weighted by Crippen LogP contribution is -2.18. The molecule has 94 valence electrons. The summed E-state index contributed by atoms with van der Waals surface area (Å²) in [4.78, 5) is 0. The van der Waals surface area contributed by atoms with Gasteiger partial charge in [-0.1, -0.05) is 42.5 Å². The van der Waals surface area contributed by atoms with E-state index >= 15 is 0 Å². The van der Waals surface area contributed by atoms with Gasteiger partial charge >= 0.3 is 0 Å². The van der Waals surface area contributed by atoms with Gasteiger partial charge in [-0.2, -0.15) is 0 Å². The van der Waals surface area contributed by atoms with Gasteiger partial charge in [-0.15, -0.1) is 0 Å². The zero-order chi connectivity index (χ0) is 12.9. The van der Waals surface area contributed by atoms with Crippen LogP contribution in [0.4, 0.5) is 0 Å². The van der Waals surface area contributed by atoms with Crippen LogP contribution in [0.25, 0.3) is 0 Å². The number of hydrogen-bond acceptors (Lipinski definition) is 2. The van der Waals surface area contributed by atoms with E-state index in [0.29, 0.717) is 0 Å². The van der Waals surface area contributed by atoms with Gasteiger partial charge in [0.1, 0.15) is 17.3 Å². The third-order valence-corrected chi connectivity index (χ3v) is 2.81. The van der Waals surface area contributed by atoms with Crippen molar-refractivity contribution in [3.63, 3.8) is 0 Å². The molecule has 0 saturated carbocycles. The Kier molecular flexibility index (Phi) is 3.32. The maximum Gasteiger partial charge on any atom is 0.174 e. The molecule has 0 saturated heterocycles. The third-order valence-electron chi connectivity index (χ3n) is 2.81. The second-order valence-electron chi connectivity index (χ2n) is 4.22. The molecule has 1 aliphatic rings. The molecule has 0 radical (unpaired) electrons. The molecule has 3 rings (SSSR count). The topological polar surface area (TPSA) is 18.5 Å². The van der Waals surface area contributed by atoms with E-state index in [-0.39, 0.29) is 6.10 Å². The summed E-state index contributed by atoms with van der Waals surface area (Å²) in [6.07, 6.45) is 5.69. The molecule has 1 unspecified atom stereocenters. The van der Waals surface area contributed by atoms with Gasteiger partial charge in [0.25, 0.3) is 0 Å². The molecule has 2 heteroatoms. The maximum absolute atomic E-state index is 5.88. The van der Waals surface area contributed by atoms with Crippen LogP contribution in [0.2, 0.25) is 0 Å². The summed E-state index contributed by atoms with van der Waals surface area (Å²) in [6.45, 7) is 0. The molecule has 2 aromatic carbocycles. The summed E-state index contributed by atoms with van der Waals surface area (Å²) in [5.41, 5.74) is 0. The summed E-state index contributed by atoms with van der Waals surface area (Å²) >= 11 is 0. The Morgan fingerprint density at radius 1 is 0.737 bits per heavy atom. The number of hydrogen-bond donors (Lipinski definition) is 0. The Bertz CT molecular complexity index is 585. The molecule has 0 aromatic heterocycles. The van der Waals surface area contributed by atoms with E-state index in [4.69, 9.17) is 9.47 Å². The fourth-order valence-corrected chi connectivity index (χ4v) is 1.90. The predicted octanol–water partition coefficient (Wildman–Crippen LogP) is 3.97. The minimum Gasteiger partial charge on any atom is -0.478 e. The average Bonchev–Trinajstić information content (AvgIpc) is 2.88. The highest BCUT2D eigenvalue weighted by Crippen LogP contribution is 2.23. The van der Waals surface area contributed by atoms with Gasteiger partial charge < -0.3 is 9.47 Å². The van der Waals surface area contributed by atoms with Gasteiger partial charge in [0, 0.05) is 0 Å². The van der Waals surface area contributed by atoms with Crippen molar-refractivity contribution in [2.24, 2.45) is 0 Å². The summed E-state index contributed by atoms with van der Waals surface area (Å²) < 4.78 is 11.7. The number of ether oxygens (including phenoxy) is 2. The van der Waals surface area contributed by atoms with Crippen molar-refractivity contribution in [2.45, 2.75) is 6.10 Å². The summed E-state index contributed by atoms with van der Waals surface area (Å²) in [5, 5.41) is 0. The van der Waals surface area contributed by atoms with Crippen LogP contribution in [-0.2, 0) is 0 Å². The average molecular weight is 250 g/mol. The first-order chi connectivity index (χ1) is 9.42. The fraction of sp³-hybridized carbons (Fsp3) is 0.0588. The van der Waals surface area contributed by atoms with Crippen molar-refractivity contribution < 1.29 is 9.47 Å². The quantitative estimate of drug-likeness (QED) is 0.817. The molecule has 1 atom stereocenters. The van der Waals surface area contributed by atoms with Crippen molar-refractivity contribution in [1.82, 2.24) is 0 Å². The lowest BCUT2D eigenvalue weighted by molar-refractivity contribution is 0.227. The van der Waals surface area contributed by atoms with Crippen LogP contribution in [0.1, 0.15) is 0 Å². The van der Waals surface area contributed by atoms with Gasteiger partial charge in [-0.05, 0) is 36.4 Å². The Morgan fingerprint density at radius 2 is 1.37 bits per heavy atom. The highest BCUT2D eigenvalue weighted by Gasteiger charge is 2.18. The van der Waals surface area contributed by atoms with Gasteiger partial charge in [0.15, 0.2) is 6.10 Å². The van der Waals surface area contributed by atoms with Crippen molar-refractivity contribution in [3.8, 4) is 11.5 Å². The molecule has 1 aliphatic carbocycles. The first-order valence-electron chi connectivity index (χ1n) is 6.25. The predicted molar refractivity (Wildman–Crippen MR) is 75.2 cm³/mol. The largest absolute Gasteiger partial charge is 0.478 e. The molecule has 0 N–H and O–H groups in total. The molecule has 0 fully saturated rings. The minimum absolute atomic E-state index is 0.164. The molecule has 2 nitrogen and oxygen atoms in total. The number of rotatable bonds is 4. The monoisotopic (exact) mass is 250 g/mol. The Labute approximate surface area is 112 Å². The Morgan fingerprint density at radius 3 is 2.05 bits per heavy atom. The smallest absolute Gasteiger partial charge is 0.174 e. The van der Waals surface area contributed by atoms with Crippen molar-refractivity contribution in [2.75, 3.05) is 0 Å². The van der Waals surface area contributed by atoms with Crippen LogP contribution in [0.5, 0.6) is 11.5 Å².